The lowest BCUT2D eigenvalue weighted by molar-refractivity contribution is 0.416. The Hall–Kier alpha value is -2.08. The van der Waals surface area contributed by atoms with Gasteiger partial charge in [0, 0.05) is 25.7 Å². The van der Waals surface area contributed by atoms with E-state index < -0.39 is 0 Å². The van der Waals surface area contributed by atoms with E-state index in [1.807, 2.05) is 24.3 Å². The Morgan fingerprint density at radius 3 is 3.00 bits per heavy atom. The highest BCUT2D eigenvalue weighted by atomic mass is 16.5. The van der Waals surface area contributed by atoms with Crippen molar-refractivity contribution in [1.29, 1.82) is 0 Å². The van der Waals surface area contributed by atoms with Crippen LogP contribution in [-0.4, -0.2) is 48.0 Å². The Morgan fingerprint density at radius 2 is 2.20 bits per heavy atom. The summed E-state index contributed by atoms with van der Waals surface area (Å²) in [6.45, 7) is 4.97. The van der Waals surface area contributed by atoms with E-state index in [1.54, 1.807) is 7.11 Å². The molecule has 0 spiro atoms. The average Bonchev–Trinajstić information content (AvgIpc) is 2.97. The number of nitrogens with one attached hydrogen (secondary N) is 2. The van der Waals surface area contributed by atoms with Crippen LogP contribution in [-0.2, 0) is 0 Å². The van der Waals surface area contributed by atoms with Gasteiger partial charge >= 0.3 is 0 Å². The van der Waals surface area contributed by atoms with Crippen LogP contribution in [0, 0.1) is 0 Å². The van der Waals surface area contributed by atoms with Crippen LogP contribution in [0.25, 0.3) is 11.4 Å². The molecule has 20 heavy (non-hydrogen) atoms. The van der Waals surface area contributed by atoms with Gasteiger partial charge in [0.05, 0.1) is 12.7 Å². The second-order valence-electron chi connectivity index (χ2n) is 4.99. The number of ether oxygens (including phenoxy) is 1. The van der Waals surface area contributed by atoms with Crippen LogP contribution in [0.15, 0.2) is 24.3 Å². The predicted octanol–water partition coefficient (Wildman–Crippen LogP) is 1.28. The molecule has 1 fully saturated rings. The monoisotopic (exact) mass is 273 g/mol. The molecule has 2 N–H and O–H groups in total. The van der Waals surface area contributed by atoms with Crippen LogP contribution in [0.2, 0.25) is 0 Å². The van der Waals surface area contributed by atoms with Gasteiger partial charge in [0.1, 0.15) is 5.75 Å². The Labute approximate surface area is 118 Å². The van der Waals surface area contributed by atoms with E-state index in [1.165, 1.54) is 0 Å². The summed E-state index contributed by atoms with van der Waals surface area (Å²) < 4.78 is 5.36. The zero-order valence-corrected chi connectivity index (χ0v) is 11.8. The summed E-state index contributed by atoms with van der Waals surface area (Å²) in [5, 5.41) is 10.7. The highest BCUT2D eigenvalue weighted by Crippen LogP contribution is 2.27. The highest BCUT2D eigenvalue weighted by Gasteiger charge is 2.20. The fourth-order valence-electron chi connectivity index (χ4n) is 2.47. The maximum atomic E-state index is 5.36. The third-order valence-electron chi connectivity index (χ3n) is 3.49. The Bertz CT molecular complexity index is 582. The number of hydrogen-bond donors (Lipinski definition) is 2. The van der Waals surface area contributed by atoms with Crippen molar-refractivity contribution in [2.75, 3.05) is 31.6 Å². The molecule has 1 saturated heterocycles. The van der Waals surface area contributed by atoms with Crippen molar-refractivity contribution in [3.05, 3.63) is 24.3 Å². The second kappa shape index (κ2) is 5.50. The van der Waals surface area contributed by atoms with Gasteiger partial charge in [0.25, 0.3) is 0 Å². The molecule has 1 atom stereocenters. The summed E-state index contributed by atoms with van der Waals surface area (Å²) in [4.78, 5) is 6.79. The molecule has 6 heteroatoms. The summed E-state index contributed by atoms with van der Waals surface area (Å²) in [7, 11) is 1.66. The Balaban J connectivity index is 1.86. The largest absolute Gasteiger partial charge is 0.496 e. The zero-order valence-electron chi connectivity index (χ0n) is 11.8. The van der Waals surface area contributed by atoms with Crippen molar-refractivity contribution in [3.8, 4) is 17.1 Å². The molecule has 2 aromatic rings. The summed E-state index contributed by atoms with van der Waals surface area (Å²) in [6.07, 6.45) is 0. The number of piperazine rings is 1. The van der Waals surface area contributed by atoms with E-state index in [0.717, 1.165) is 42.7 Å². The minimum atomic E-state index is 0.456. The van der Waals surface area contributed by atoms with Crippen molar-refractivity contribution in [1.82, 2.24) is 20.5 Å². The van der Waals surface area contributed by atoms with E-state index >= 15 is 0 Å². The number of benzene rings is 1. The second-order valence-corrected chi connectivity index (χ2v) is 4.99. The van der Waals surface area contributed by atoms with Crippen LogP contribution in [0.3, 0.4) is 0 Å². The molecule has 6 nitrogen and oxygen atoms in total. The number of rotatable bonds is 3. The molecule has 1 aromatic heterocycles. The van der Waals surface area contributed by atoms with Crippen LogP contribution in [0.4, 0.5) is 5.95 Å². The summed E-state index contributed by atoms with van der Waals surface area (Å²) in [6, 6.07) is 8.26. The van der Waals surface area contributed by atoms with E-state index in [4.69, 9.17) is 4.74 Å². The van der Waals surface area contributed by atoms with Crippen LogP contribution < -0.4 is 15.0 Å². The molecule has 0 saturated carbocycles. The first-order chi connectivity index (χ1) is 9.78. The third-order valence-corrected chi connectivity index (χ3v) is 3.49. The molecule has 0 unspecified atom stereocenters. The van der Waals surface area contributed by atoms with Gasteiger partial charge in [-0.05, 0) is 19.1 Å². The van der Waals surface area contributed by atoms with Gasteiger partial charge in [-0.2, -0.15) is 4.98 Å². The zero-order chi connectivity index (χ0) is 13.9. The number of aromatic amines is 1. The first-order valence-electron chi connectivity index (χ1n) is 6.82. The molecule has 0 bridgehead atoms. The molecule has 1 aliphatic heterocycles. The maximum absolute atomic E-state index is 5.36. The van der Waals surface area contributed by atoms with E-state index in [9.17, 15) is 0 Å². The average molecular weight is 273 g/mol. The predicted molar refractivity (Wildman–Crippen MR) is 78.0 cm³/mol. The molecular formula is C14H19N5O. The van der Waals surface area contributed by atoms with E-state index in [2.05, 4.69) is 32.3 Å². The van der Waals surface area contributed by atoms with E-state index in [-0.39, 0.29) is 0 Å². The van der Waals surface area contributed by atoms with Crippen LogP contribution in [0.1, 0.15) is 6.92 Å². The van der Waals surface area contributed by atoms with Gasteiger partial charge in [0.15, 0.2) is 5.82 Å². The molecule has 1 aliphatic rings. The summed E-state index contributed by atoms with van der Waals surface area (Å²) in [5.41, 5.74) is 0.928. The quantitative estimate of drug-likeness (QED) is 0.882. The first kappa shape index (κ1) is 12.9. The Kier molecular flexibility index (Phi) is 3.56. The molecule has 2 heterocycles. The fraction of sp³-hybridized carbons (Fsp3) is 0.429. The topological polar surface area (TPSA) is 66.1 Å². The Morgan fingerprint density at radius 1 is 1.35 bits per heavy atom. The number of hydrogen-bond acceptors (Lipinski definition) is 5. The van der Waals surface area contributed by atoms with Crippen molar-refractivity contribution < 1.29 is 4.74 Å². The molecule has 1 aromatic carbocycles. The number of anilines is 1. The van der Waals surface area contributed by atoms with Crippen molar-refractivity contribution >= 4 is 5.95 Å². The standard InChI is InChI=1S/C14H19N5O/c1-10-9-19(8-7-15-10)14-16-13(17-18-14)11-5-3-4-6-12(11)20-2/h3-6,10,15H,7-9H2,1-2H3,(H,16,17,18)/t10-/m0/s1. The smallest absolute Gasteiger partial charge is 0.245 e. The number of H-pyrrole nitrogens is 1. The van der Waals surface area contributed by atoms with Gasteiger partial charge in [-0.3, -0.25) is 5.10 Å². The summed E-state index contributed by atoms with van der Waals surface area (Å²) in [5.74, 6) is 2.28. The molecule has 0 amide bonds. The molecular weight excluding hydrogens is 254 g/mol. The number of nitrogens with zero attached hydrogens (tertiary/aromatic N) is 3. The van der Waals surface area contributed by atoms with Crippen LogP contribution in [0.5, 0.6) is 5.75 Å². The lowest BCUT2D eigenvalue weighted by Gasteiger charge is -2.30. The maximum Gasteiger partial charge on any atom is 0.245 e. The van der Waals surface area contributed by atoms with Crippen molar-refractivity contribution in [3.63, 3.8) is 0 Å². The normalized spacial score (nSPS) is 19.1. The summed E-state index contributed by atoms with van der Waals surface area (Å²) >= 11 is 0. The molecule has 3 rings (SSSR count). The first-order valence-corrected chi connectivity index (χ1v) is 6.82. The lowest BCUT2D eigenvalue weighted by atomic mass is 10.2. The van der Waals surface area contributed by atoms with Gasteiger partial charge in [0.2, 0.25) is 5.95 Å². The van der Waals surface area contributed by atoms with E-state index in [0.29, 0.717) is 6.04 Å². The number of para-hydroxylation sites is 1. The van der Waals surface area contributed by atoms with Gasteiger partial charge < -0.3 is 15.0 Å². The molecule has 0 radical (unpaired) electrons. The van der Waals surface area contributed by atoms with Crippen molar-refractivity contribution in [2.45, 2.75) is 13.0 Å². The van der Waals surface area contributed by atoms with Gasteiger partial charge in [-0.1, -0.05) is 12.1 Å². The number of methoxy groups -OCH3 is 1. The fourth-order valence-corrected chi connectivity index (χ4v) is 2.47. The highest BCUT2D eigenvalue weighted by molar-refractivity contribution is 5.64. The third kappa shape index (κ3) is 2.46. The molecule has 0 aliphatic carbocycles. The molecule has 106 valence electrons. The SMILES string of the molecule is COc1ccccc1-c1nc(N2CCN[C@@H](C)C2)n[nH]1. The minimum Gasteiger partial charge on any atom is -0.496 e. The number of aromatic nitrogens is 3. The lowest BCUT2D eigenvalue weighted by Crippen LogP contribution is -2.49. The van der Waals surface area contributed by atoms with Gasteiger partial charge in [-0.25, -0.2) is 0 Å². The van der Waals surface area contributed by atoms with Gasteiger partial charge in [-0.15, -0.1) is 5.10 Å². The minimum absolute atomic E-state index is 0.456. The van der Waals surface area contributed by atoms with Crippen molar-refractivity contribution in [2.24, 2.45) is 0 Å². The van der Waals surface area contributed by atoms with Crippen LogP contribution >= 0.6 is 0 Å².